The highest BCUT2D eigenvalue weighted by atomic mass is 35.5. The van der Waals surface area contributed by atoms with Gasteiger partial charge in [0.25, 0.3) is 0 Å². The Balaban J connectivity index is 2.47. The second-order valence-electron chi connectivity index (χ2n) is 6.04. The molecule has 0 aliphatic heterocycles. The molecule has 0 spiro atoms. The van der Waals surface area contributed by atoms with Gasteiger partial charge in [-0.1, -0.05) is 27.7 Å². The van der Waals surface area contributed by atoms with Gasteiger partial charge in [-0.25, -0.2) is 9.97 Å². The molecule has 0 aromatic carbocycles. The van der Waals surface area contributed by atoms with E-state index in [2.05, 4.69) is 42.2 Å². The summed E-state index contributed by atoms with van der Waals surface area (Å²) in [5.41, 5.74) is 2.13. The third kappa shape index (κ3) is 2.92. The molecule has 0 amide bonds. The molecule has 19 heavy (non-hydrogen) atoms. The highest BCUT2D eigenvalue weighted by Gasteiger charge is 2.25. The number of hydrogen-bond acceptors (Lipinski definition) is 2. The van der Waals surface area contributed by atoms with Gasteiger partial charge < -0.3 is 4.57 Å². The van der Waals surface area contributed by atoms with Crippen LogP contribution in [0.2, 0.25) is 0 Å². The molecule has 2 aromatic rings. The first-order valence-corrected chi connectivity index (χ1v) is 7.35. The molecule has 0 saturated heterocycles. The molecule has 2 rings (SSSR count). The van der Waals surface area contributed by atoms with Crippen LogP contribution in [-0.4, -0.2) is 20.4 Å². The van der Waals surface area contributed by atoms with Gasteiger partial charge in [-0.2, -0.15) is 0 Å². The number of halogens is 1. The maximum Gasteiger partial charge on any atom is 0.160 e. The fourth-order valence-electron chi connectivity index (χ4n) is 2.04. The van der Waals surface area contributed by atoms with Gasteiger partial charge in [-0.15, -0.1) is 11.6 Å². The average molecular weight is 280 g/mol. The van der Waals surface area contributed by atoms with Gasteiger partial charge in [0.1, 0.15) is 11.3 Å². The lowest BCUT2D eigenvalue weighted by molar-refractivity contribution is 0.210. The van der Waals surface area contributed by atoms with E-state index in [0.717, 1.165) is 30.0 Å². The first-order chi connectivity index (χ1) is 8.95. The molecule has 0 N–H and O–H groups in total. The summed E-state index contributed by atoms with van der Waals surface area (Å²) >= 11 is 5.90. The number of hydrogen-bond donors (Lipinski definition) is 0. The van der Waals surface area contributed by atoms with Crippen molar-refractivity contribution >= 4 is 22.8 Å². The van der Waals surface area contributed by atoms with E-state index in [-0.39, 0.29) is 5.41 Å². The number of aryl methyl sites for hydroxylation is 1. The van der Waals surface area contributed by atoms with Gasteiger partial charge in [0.15, 0.2) is 5.65 Å². The lowest BCUT2D eigenvalue weighted by Gasteiger charge is -2.30. The van der Waals surface area contributed by atoms with Gasteiger partial charge in [0.2, 0.25) is 0 Å². The van der Waals surface area contributed by atoms with Crippen LogP contribution in [0.25, 0.3) is 11.2 Å². The van der Waals surface area contributed by atoms with Crippen molar-refractivity contribution in [3.8, 4) is 0 Å². The van der Waals surface area contributed by atoms with Crippen LogP contribution in [0.1, 0.15) is 33.5 Å². The molecule has 0 aliphatic carbocycles. The second kappa shape index (κ2) is 5.49. The Labute approximate surface area is 120 Å². The van der Waals surface area contributed by atoms with E-state index in [4.69, 9.17) is 11.6 Å². The van der Waals surface area contributed by atoms with Crippen LogP contribution in [0.4, 0.5) is 0 Å². The van der Waals surface area contributed by atoms with Gasteiger partial charge >= 0.3 is 0 Å². The average Bonchev–Trinajstić information content (AvgIpc) is 2.68. The standard InChI is InChI=1S/C15H22ClN3/c1-11(2)15(3,4)10-19-13(7-8-16)18-12-6-5-9-17-14(12)19/h5-6,9,11H,7-8,10H2,1-4H3. The first-order valence-electron chi connectivity index (χ1n) is 6.82. The van der Waals surface area contributed by atoms with E-state index in [1.807, 2.05) is 18.3 Å². The summed E-state index contributed by atoms with van der Waals surface area (Å²) in [5.74, 6) is 2.22. The summed E-state index contributed by atoms with van der Waals surface area (Å²) in [6.45, 7) is 10.0. The predicted molar refractivity (Wildman–Crippen MR) is 80.6 cm³/mol. The topological polar surface area (TPSA) is 30.7 Å². The maximum atomic E-state index is 5.90. The number of fused-ring (bicyclic) bond motifs is 1. The molecule has 4 heteroatoms. The van der Waals surface area contributed by atoms with Crippen molar-refractivity contribution in [2.75, 3.05) is 5.88 Å². The van der Waals surface area contributed by atoms with Crippen molar-refractivity contribution in [3.05, 3.63) is 24.2 Å². The van der Waals surface area contributed by atoms with Gasteiger partial charge in [-0.05, 0) is 23.5 Å². The Kier molecular flexibility index (Phi) is 4.14. The van der Waals surface area contributed by atoms with E-state index in [1.54, 1.807) is 0 Å². The molecule has 0 bridgehead atoms. The largest absolute Gasteiger partial charge is 0.312 e. The summed E-state index contributed by atoms with van der Waals surface area (Å²) in [5, 5.41) is 0. The third-order valence-corrected chi connectivity index (χ3v) is 4.22. The van der Waals surface area contributed by atoms with Crippen LogP contribution in [-0.2, 0) is 13.0 Å². The molecule has 0 atom stereocenters. The highest BCUT2D eigenvalue weighted by Crippen LogP contribution is 2.30. The number of alkyl halides is 1. The maximum absolute atomic E-state index is 5.90. The predicted octanol–water partition coefficient (Wildman–Crippen LogP) is 3.89. The minimum absolute atomic E-state index is 0.201. The SMILES string of the molecule is CC(C)C(C)(C)Cn1c(CCCl)nc2cccnc21. The minimum atomic E-state index is 0.201. The van der Waals surface area contributed by atoms with Crippen LogP contribution in [0.15, 0.2) is 18.3 Å². The lowest BCUT2D eigenvalue weighted by atomic mass is 9.81. The van der Waals surface area contributed by atoms with Gasteiger partial charge in [0.05, 0.1) is 0 Å². The molecule has 3 nitrogen and oxygen atoms in total. The van der Waals surface area contributed by atoms with Crippen molar-refractivity contribution in [2.24, 2.45) is 11.3 Å². The van der Waals surface area contributed by atoms with E-state index < -0.39 is 0 Å². The van der Waals surface area contributed by atoms with Crippen molar-refractivity contribution in [3.63, 3.8) is 0 Å². The fourth-order valence-corrected chi connectivity index (χ4v) is 2.21. The molecule has 0 unspecified atom stereocenters. The Bertz CT molecular complexity index is 558. The van der Waals surface area contributed by atoms with Crippen LogP contribution in [0.3, 0.4) is 0 Å². The molecule has 0 saturated carbocycles. The van der Waals surface area contributed by atoms with E-state index in [0.29, 0.717) is 11.8 Å². The second-order valence-corrected chi connectivity index (χ2v) is 6.42. The molecule has 0 fully saturated rings. The minimum Gasteiger partial charge on any atom is -0.312 e. The molecular formula is C15H22ClN3. The Morgan fingerprint density at radius 2 is 2.11 bits per heavy atom. The van der Waals surface area contributed by atoms with Crippen molar-refractivity contribution in [2.45, 2.75) is 40.7 Å². The van der Waals surface area contributed by atoms with E-state index >= 15 is 0 Å². The van der Waals surface area contributed by atoms with Crippen molar-refractivity contribution in [1.29, 1.82) is 0 Å². The summed E-state index contributed by atoms with van der Waals surface area (Å²) in [6.07, 6.45) is 2.61. The third-order valence-electron chi connectivity index (χ3n) is 4.03. The number of aromatic nitrogens is 3. The summed E-state index contributed by atoms with van der Waals surface area (Å²) < 4.78 is 2.23. The smallest absolute Gasteiger partial charge is 0.160 e. The van der Waals surface area contributed by atoms with Gasteiger partial charge in [0, 0.05) is 25.0 Å². The molecular weight excluding hydrogens is 258 g/mol. The summed E-state index contributed by atoms with van der Waals surface area (Å²) in [6, 6.07) is 3.94. The van der Waals surface area contributed by atoms with Crippen molar-refractivity contribution < 1.29 is 0 Å². The Morgan fingerprint density at radius 1 is 1.37 bits per heavy atom. The van der Waals surface area contributed by atoms with Gasteiger partial charge in [-0.3, -0.25) is 0 Å². The summed E-state index contributed by atoms with van der Waals surface area (Å²) in [4.78, 5) is 9.15. The normalized spacial score (nSPS) is 12.5. The number of imidazole rings is 1. The van der Waals surface area contributed by atoms with Crippen LogP contribution < -0.4 is 0 Å². The van der Waals surface area contributed by atoms with Crippen LogP contribution >= 0.6 is 11.6 Å². The highest BCUT2D eigenvalue weighted by molar-refractivity contribution is 6.17. The summed E-state index contributed by atoms with van der Waals surface area (Å²) in [7, 11) is 0. The monoisotopic (exact) mass is 279 g/mol. The first kappa shape index (κ1) is 14.3. The Hall–Kier alpha value is -1.09. The van der Waals surface area contributed by atoms with Crippen LogP contribution in [0, 0.1) is 11.3 Å². The fraction of sp³-hybridized carbons (Fsp3) is 0.600. The van der Waals surface area contributed by atoms with Crippen LogP contribution in [0.5, 0.6) is 0 Å². The van der Waals surface area contributed by atoms with E-state index in [1.165, 1.54) is 0 Å². The molecule has 0 radical (unpaired) electrons. The molecule has 2 aromatic heterocycles. The number of rotatable bonds is 5. The zero-order chi connectivity index (χ0) is 14.0. The molecule has 104 valence electrons. The Morgan fingerprint density at radius 3 is 2.74 bits per heavy atom. The zero-order valence-corrected chi connectivity index (χ0v) is 12.9. The number of nitrogens with zero attached hydrogens (tertiary/aromatic N) is 3. The number of pyridine rings is 1. The quantitative estimate of drug-likeness (QED) is 0.777. The molecule has 0 aliphatic rings. The van der Waals surface area contributed by atoms with E-state index in [9.17, 15) is 0 Å². The molecule has 2 heterocycles. The lowest BCUT2D eigenvalue weighted by Crippen LogP contribution is -2.26. The van der Waals surface area contributed by atoms with Crippen molar-refractivity contribution in [1.82, 2.24) is 14.5 Å². The zero-order valence-electron chi connectivity index (χ0n) is 12.2.